The zero-order chi connectivity index (χ0) is 20.3. The Balaban J connectivity index is 1.88. The lowest BCUT2D eigenvalue weighted by atomic mass is 10.2. The van der Waals surface area contributed by atoms with E-state index in [9.17, 15) is 9.59 Å². The second kappa shape index (κ2) is 8.22. The van der Waals surface area contributed by atoms with Crippen LogP contribution in [0.5, 0.6) is 17.2 Å². The molecule has 1 aliphatic heterocycles. The first-order valence-corrected chi connectivity index (χ1v) is 8.88. The van der Waals surface area contributed by atoms with Crippen LogP contribution < -0.4 is 24.4 Å². The van der Waals surface area contributed by atoms with Gasteiger partial charge in [0.15, 0.2) is 0 Å². The Hall–Kier alpha value is -3.19. The van der Waals surface area contributed by atoms with Gasteiger partial charge in [0.05, 0.1) is 26.5 Å². The first-order chi connectivity index (χ1) is 13.5. The van der Waals surface area contributed by atoms with E-state index < -0.39 is 11.8 Å². The third-order valence-corrected chi connectivity index (χ3v) is 4.44. The van der Waals surface area contributed by atoms with Crippen LogP contribution in [0.25, 0.3) is 0 Å². The third kappa shape index (κ3) is 3.61. The maximum absolute atomic E-state index is 12.9. The van der Waals surface area contributed by atoms with E-state index >= 15 is 0 Å². The number of carbonyl (C=O) groups excluding carboxylic acids is 2. The summed E-state index contributed by atoms with van der Waals surface area (Å²) in [6, 6.07) is 11.8. The van der Waals surface area contributed by atoms with Crippen LogP contribution in [0, 0.1) is 0 Å². The second-order valence-electron chi connectivity index (χ2n) is 5.75. The van der Waals surface area contributed by atoms with Crippen molar-refractivity contribution in [3.8, 4) is 17.2 Å². The summed E-state index contributed by atoms with van der Waals surface area (Å²) in [6.45, 7) is 2.44. The lowest BCUT2D eigenvalue weighted by molar-refractivity contribution is -0.120. The normalized spacial score (nSPS) is 13.8. The number of ether oxygens (including phenoxy) is 3. The predicted octanol–water partition coefficient (Wildman–Crippen LogP) is 3.54. The van der Waals surface area contributed by atoms with Crippen molar-refractivity contribution < 1.29 is 23.8 Å². The molecule has 2 amide bonds. The van der Waals surface area contributed by atoms with Crippen LogP contribution in [0.4, 0.5) is 11.4 Å². The van der Waals surface area contributed by atoms with E-state index in [-0.39, 0.29) is 16.4 Å². The average Bonchev–Trinajstić information content (AvgIpc) is 2.92. The number of methoxy groups -OCH3 is 2. The van der Waals surface area contributed by atoms with Gasteiger partial charge in [0.25, 0.3) is 11.8 Å². The largest absolute Gasteiger partial charge is 0.497 e. The highest BCUT2D eigenvalue weighted by Gasteiger charge is 2.40. The van der Waals surface area contributed by atoms with Crippen LogP contribution >= 0.6 is 11.6 Å². The van der Waals surface area contributed by atoms with Crippen molar-refractivity contribution in [3.05, 3.63) is 53.2 Å². The molecular weight excluding hydrogens is 384 g/mol. The summed E-state index contributed by atoms with van der Waals surface area (Å²) in [6.07, 6.45) is 0. The molecule has 0 saturated carbocycles. The molecule has 0 fully saturated rings. The molecule has 0 atom stereocenters. The molecule has 0 bridgehead atoms. The van der Waals surface area contributed by atoms with Crippen molar-refractivity contribution in [1.82, 2.24) is 0 Å². The molecule has 1 N–H and O–H groups in total. The van der Waals surface area contributed by atoms with Crippen molar-refractivity contribution in [2.45, 2.75) is 6.92 Å². The minimum atomic E-state index is -0.636. The smallest absolute Gasteiger partial charge is 0.283 e. The maximum atomic E-state index is 12.9. The van der Waals surface area contributed by atoms with Crippen LogP contribution in [-0.2, 0) is 9.59 Å². The predicted molar refractivity (Wildman–Crippen MR) is 106 cm³/mol. The molecule has 3 rings (SSSR count). The Morgan fingerprint density at radius 1 is 0.964 bits per heavy atom. The summed E-state index contributed by atoms with van der Waals surface area (Å²) in [5, 5.41) is 2.72. The lowest BCUT2D eigenvalue weighted by Gasteiger charge is -2.18. The number of halogens is 1. The van der Waals surface area contributed by atoms with E-state index in [0.717, 1.165) is 4.90 Å². The molecule has 146 valence electrons. The molecule has 0 radical (unpaired) electrons. The van der Waals surface area contributed by atoms with E-state index in [2.05, 4.69) is 5.32 Å². The molecule has 0 aliphatic carbocycles. The standard InChI is InChI=1S/C20H19ClN2O5/c1-4-28-13-7-5-12(6-8-13)22-18-17(21)19(24)23(20(18)25)15-10-9-14(26-2)11-16(15)27-3/h5-11,22H,4H2,1-3H3. The number of rotatable bonds is 7. The Morgan fingerprint density at radius 3 is 2.25 bits per heavy atom. The summed E-state index contributed by atoms with van der Waals surface area (Å²) in [5.41, 5.74) is 0.870. The minimum absolute atomic E-state index is 0.00584. The number of amides is 2. The monoisotopic (exact) mass is 402 g/mol. The first-order valence-electron chi connectivity index (χ1n) is 8.50. The van der Waals surface area contributed by atoms with Gasteiger partial charge in [0.1, 0.15) is 28.0 Å². The fraction of sp³-hybridized carbons (Fsp3) is 0.200. The Morgan fingerprint density at radius 2 is 1.64 bits per heavy atom. The van der Waals surface area contributed by atoms with Crippen molar-refractivity contribution in [1.29, 1.82) is 0 Å². The van der Waals surface area contributed by atoms with Crippen LogP contribution in [0.15, 0.2) is 53.2 Å². The van der Waals surface area contributed by atoms with Gasteiger partial charge < -0.3 is 19.5 Å². The van der Waals surface area contributed by atoms with Gasteiger partial charge in [0, 0.05) is 11.8 Å². The number of nitrogens with zero attached hydrogens (tertiary/aromatic N) is 1. The molecule has 1 heterocycles. The van der Waals surface area contributed by atoms with E-state index in [1.54, 1.807) is 42.5 Å². The average molecular weight is 403 g/mol. The molecule has 0 saturated heterocycles. The van der Waals surface area contributed by atoms with Crippen LogP contribution in [0.1, 0.15) is 6.92 Å². The van der Waals surface area contributed by atoms with Gasteiger partial charge in [-0.15, -0.1) is 0 Å². The van der Waals surface area contributed by atoms with E-state index in [4.69, 9.17) is 25.8 Å². The Kier molecular flexibility index (Phi) is 5.75. The lowest BCUT2D eigenvalue weighted by Crippen LogP contribution is -2.32. The van der Waals surface area contributed by atoms with Gasteiger partial charge in [-0.2, -0.15) is 0 Å². The van der Waals surface area contributed by atoms with Gasteiger partial charge in [-0.1, -0.05) is 11.6 Å². The van der Waals surface area contributed by atoms with Crippen molar-refractivity contribution in [3.63, 3.8) is 0 Å². The number of hydrogen-bond acceptors (Lipinski definition) is 6. The minimum Gasteiger partial charge on any atom is -0.497 e. The summed E-state index contributed by atoms with van der Waals surface area (Å²) in [7, 11) is 2.95. The van der Waals surface area contributed by atoms with E-state index in [1.165, 1.54) is 14.2 Å². The molecule has 2 aromatic carbocycles. The summed E-state index contributed by atoms with van der Waals surface area (Å²) in [4.78, 5) is 26.5. The molecule has 8 heteroatoms. The number of anilines is 2. The fourth-order valence-corrected chi connectivity index (χ4v) is 2.96. The van der Waals surface area contributed by atoms with Crippen molar-refractivity contribution in [2.75, 3.05) is 31.0 Å². The SMILES string of the molecule is CCOc1ccc(NC2=C(Cl)C(=O)N(c3ccc(OC)cc3OC)C2=O)cc1. The Labute approximate surface area is 167 Å². The number of nitrogens with one attached hydrogen (secondary N) is 1. The highest BCUT2D eigenvalue weighted by atomic mass is 35.5. The Bertz CT molecular complexity index is 940. The topological polar surface area (TPSA) is 77.1 Å². The maximum Gasteiger partial charge on any atom is 0.283 e. The van der Waals surface area contributed by atoms with Crippen molar-refractivity contribution in [2.24, 2.45) is 0 Å². The van der Waals surface area contributed by atoms with Gasteiger partial charge >= 0.3 is 0 Å². The number of benzene rings is 2. The molecule has 7 nitrogen and oxygen atoms in total. The molecule has 1 aliphatic rings. The van der Waals surface area contributed by atoms with Gasteiger partial charge in [-0.05, 0) is 43.3 Å². The molecule has 2 aromatic rings. The second-order valence-corrected chi connectivity index (χ2v) is 6.13. The number of hydrogen-bond donors (Lipinski definition) is 1. The number of carbonyl (C=O) groups is 2. The van der Waals surface area contributed by atoms with Crippen LogP contribution in [0.3, 0.4) is 0 Å². The molecule has 28 heavy (non-hydrogen) atoms. The van der Waals surface area contributed by atoms with Crippen LogP contribution in [0.2, 0.25) is 0 Å². The van der Waals surface area contributed by atoms with Gasteiger partial charge in [-0.25, -0.2) is 4.90 Å². The van der Waals surface area contributed by atoms with Crippen molar-refractivity contribution >= 4 is 34.8 Å². The first kappa shape index (κ1) is 19.6. The zero-order valence-corrected chi connectivity index (χ0v) is 16.4. The summed E-state index contributed by atoms with van der Waals surface area (Å²) < 4.78 is 15.8. The third-order valence-electron chi connectivity index (χ3n) is 4.09. The van der Waals surface area contributed by atoms with E-state index in [1.807, 2.05) is 6.92 Å². The number of imide groups is 1. The zero-order valence-electron chi connectivity index (χ0n) is 15.6. The summed E-state index contributed by atoms with van der Waals surface area (Å²) in [5.74, 6) is 0.335. The highest BCUT2D eigenvalue weighted by molar-refractivity contribution is 6.53. The molecule has 0 aromatic heterocycles. The van der Waals surface area contributed by atoms with Gasteiger partial charge in [0.2, 0.25) is 0 Å². The quantitative estimate of drug-likeness (QED) is 0.714. The molecule has 0 spiro atoms. The summed E-state index contributed by atoms with van der Waals surface area (Å²) >= 11 is 6.17. The van der Waals surface area contributed by atoms with Crippen LogP contribution in [-0.4, -0.2) is 32.6 Å². The molecule has 0 unspecified atom stereocenters. The fourth-order valence-electron chi connectivity index (χ4n) is 2.75. The van der Waals surface area contributed by atoms with Gasteiger partial charge in [-0.3, -0.25) is 9.59 Å². The van der Waals surface area contributed by atoms with E-state index in [0.29, 0.717) is 29.5 Å². The molecular formula is C20H19ClN2O5. The highest BCUT2D eigenvalue weighted by Crippen LogP contribution is 2.37.